The van der Waals surface area contributed by atoms with Crippen molar-refractivity contribution >= 4 is 60.7 Å². The normalized spacial score (nSPS) is 10.7. The molecule has 1 aromatic carbocycles. The average molecular weight is 480 g/mol. The van der Waals surface area contributed by atoms with Crippen LogP contribution in [0.2, 0.25) is 0 Å². The van der Waals surface area contributed by atoms with Crippen molar-refractivity contribution in [3.05, 3.63) is 63.7 Å². The summed E-state index contributed by atoms with van der Waals surface area (Å²) in [5.74, 6) is 0. The Morgan fingerprint density at radius 3 is 2.60 bits per heavy atom. The molecule has 128 valence electrons. The predicted octanol–water partition coefficient (Wildman–Crippen LogP) is 6.16. The van der Waals surface area contributed by atoms with Gasteiger partial charge in [0.2, 0.25) is 0 Å². The molecule has 0 atom stereocenters. The standard InChI is InChI=1S/C18H15BrN4S.BrH/c1-11-7-8-23-16(9-11)20-12(2)17(23)15-10-24-18(22-15)21-14-5-3-13(19)4-6-14;/h3-10H,1-2H3,(H,21,22);1H. The Morgan fingerprint density at radius 1 is 1.08 bits per heavy atom. The van der Waals surface area contributed by atoms with Crippen LogP contribution in [0.25, 0.3) is 17.0 Å². The number of hydrogen-bond acceptors (Lipinski definition) is 4. The molecule has 0 saturated heterocycles. The first-order chi connectivity index (χ1) is 11.6. The van der Waals surface area contributed by atoms with E-state index in [0.29, 0.717) is 0 Å². The predicted molar refractivity (Wildman–Crippen MR) is 114 cm³/mol. The van der Waals surface area contributed by atoms with Crippen LogP contribution in [0, 0.1) is 13.8 Å². The van der Waals surface area contributed by atoms with E-state index in [2.05, 4.69) is 61.3 Å². The molecule has 4 aromatic rings. The summed E-state index contributed by atoms with van der Waals surface area (Å²) >= 11 is 5.04. The lowest BCUT2D eigenvalue weighted by Crippen LogP contribution is -1.92. The van der Waals surface area contributed by atoms with Gasteiger partial charge in [0.15, 0.2) is 5.13 Å². The van der Waals surface area contributed by atoms with Gasteiger partial charge in [-0.05, 0) is 55.8 Å². The van der Waals surface area contributed by atoms with Crippen molar-refractivity contribution in [1.82, 2.24) is 14.4 Å². The molecule has 0 aliphatic heterocycles. The average Bonchev–Trinajstić information content (AvgIpc) is 3.12. The first-order valence-electron chi connectivity index (χ1n) is 7.54. The summed E-state index contributed by atoms with van der Waals surface area (Å²) in [5, 5.41) is 6.28. The number of imidazole rings is 1. The second-order valence-corrected chi connectivity index (χ2v) is 7.42. The van der Waals surface area contributed by atoms with Crippen molar-refractivity contribution in [3.63, 3.8) is 0 Å². The third-order valence-electron chi connectivity index (χ3n) is 3.80. The van der Waals surface area contributed by atoms with Gasteiger partial charge >= 0.3 is 0 Å². The smallest absolute Gasteiger partial charge is 0.187 e. The molecule has 1 N–H and O–H groups in total. The molecule has 0 unspecified atom stereocenters. The Morgan fingerprint density at radius 2 is 1.84 bits per heavy atom. The molecular weight excluding hydrogens is 464 g/mol. The number of benzene rings is 1. The van der Waals surface area contributed by atoms with Crippen molar-refractivity contribution in [2.24, 2.45) is 0 Å². The molecule has 0 bridgehead atoms. The first-order valence-corrected chi connectivity index (χ1v) is 9.21. The molecule has 0 aliphatic carbocycles. The van der Waals surface area contributed by atoms with Gasteiger partial charge in [0.25, 0.3) is 0 Å². The number of halogens is 2. The number of aromatic nitrogens is 3. The molecule has 7 heteroatoms. The van der Waals surface area contributed by atoms with Crippen LogP contribution in [-0.4, -0.2) is 14.4 Å². The summed E-state index contributed by atoms with van der Waals surface area (Å²) in [6, 6.07) is 12.2. The van der Waals surface area contributed by atoms with Crippen LogP contribution in [-0.2, 0) is 0 Å². The molecule has 3 aromatic heterocycles. The highest BCUT2D eigenvalue weighted by molar-refractivity contribution is 9.10. The van der Waals surface area contributed by atoms with E-state index in [1.54, 1.807) is 11.3 Å². The zero-order valence-electron chi connectivity index (χ0n) is 13.7. The highest BCUT2D eigenvalue weighted by Crippen LogP contribution is 2.30. The molecule has 4 rings (SSSR count). The van der Waals surface area contributed by atoms with E-state index < -0.39 is 0 Å². The van der Waals surface area contributed by atoms with Crippen LogP contribution < -0.4 is 5.32 Å². The van der Waals surface area contributed by atoms with E-state index in [0.717, 1.165) is 38.0 Å². The number of nitrogens with zero attached hydrogens (tertiary/aromatic N) is 3. The molecular formula is C18H16Br2N4S. The SMILES string of the molecule is Br.Cc1ccn2c(-c3csc(Nc4ccc(Br)cc4)n3)c(C)nc2c1. The monoisotopic (exact) mass is 478 g/mol. The van der Waals surface area contributed by atoms with Crippen LogP contribution in [0.3, 0.4) is 0 Å². The lowest BCUT2D eigenvalue weighted by atomic mass is 10.2. The molecule has 0 fully saturated rings. The maximum absolute atomic E-state index is 4.74. The zero-order chi connectivity index (χ0) is 16.7. The second kappa shape index (κ2) is 7.27. The third-order valence-corrected chi connectivity index (χ3v) is 5.08. The summed E-state index contributed by atoms with van der Waals surface area (Å²) in [5.41, 5.74) is 6.15. The molecule has 0 saturated carbocycles. The Balaban J connectivity index is 0.00000182. The van der Waals surface area contributed by atoms with Gasteiger partial charge < -0.3 is 5.32 Å². The van der Waals surface area contributed by atoms with Crippen LogP contribution >= 0.6 is 44.2 Å². The topological polar surface area (TPSA) is 42.2 Å². The minimum Gasteiger partial charge on any atom is -0.332 e. The maximum atomic E-state index is 4.74. The zero-order valence-corrected chi connectivity index (χ0v) is 17.8. The summed E-state index contributed by atoms with van der Waals surface area (Å²) in [7, 11) is 0. The number of fused-ring (bicyclic) bond motifs is 1. The number of thiazole rings is 1. The van der Waals surface area contributed by atoms with Gasteiger partial charge in [-0.1, -0.05) is 15.9 Å². The van der Waals surface area contributed by atoms with Crippen LogP contribution in [0.15, 0.2) is 52.4 Å². The van der Waals surface area contributed by atoms with Gasteiger partial charge in [-0.3, -0.25) is 4.40 Å². The van der Waals surface area contributed by atoms with Gasteiger partial charge in [0.1, 0.15) is 11.3 Å². The summed E-state index contributed by atoms with van der Waals surface area (Å²) in [6.07, 6.45) is 2.06. The number of anilines is 2. The molecule has 25 heavy (non-hydrogen) atoms. The van der Waals surface area contributed by atoms with E-state index in [1.165, 1.54) is 5.56 Å². The number of nitrogens with one attached hydrogen (secondary N) is 1. The maximum Gasteiger partial charge on any atom is 0.187 e. The van der Waals surface area contributed by atoms with Crippen LogP contribution in [0.4, 0.5) is 10.8 Å². The fourth-order valence-electron chi connectivity index (χ4n) is 2.67. The number of pyridine rings is 1. The molecule has 0 radical (unpaired) electrons. The van der Waals surface area contributed by atoms with E-state index in [9.17, 15) is 0 Å². The van der Waals surface area contributed by atoms with Gasteiger partial charge in [0.05, 0.1) is 11.4 Å². The van der Waals surface area contributed by atoms with Gasteiger partial charge in [0, 0.05) is 21.7 Å². The Labute approximate surface area is 168 Å². The molecule has 0 aliphatic rings. The fourth-order valence-corrected chi connectivity index (χ4v) is 3.65. The first kappa shape index (κ1) is 18.1. The van der Waals surface area contributed by atoms with Gasteiger partial charge in [-0.15, -0.1) is 28.3 Å². The quantitative estimate of drug-likeness (QED) is 0.382. The number of hydrogen-bond donors (Lipinski definition) is 1. The Kier molecular flexibility index (Phi) is 5.27. The lowest BCUT2D eigenvalue weighted by molar-refractivity contribution is 1.16. The van der Waals surface area contributed by atoms with E-state index in [1.807, 2.05) is 31.2 Å². The molecule has 3 heterocycles. The van der Waals surface area contributed by atoms with Crippen molar-refractivity contribution in [3.8, 4) is 11.4 Å². The van der Waals surface area contributed by atoms with Crippen molar-refractivity contribution in [2.75, 3.05) is 5.32 Å². The Bertz CT molecular complexity index is 1020. The largest absolute Gasteiger partial charge is 0.332 e. The molecule has 0 spiro atoms. The third kappa shape index (κ3) is 3.63. The summed E-state index contributed by atoms with van der Waals surface area (Å²) in [4.78, 5) is 9.39. The molecule has 4 nitrogen and oxygen atoms in total. The van der Waals surface area contributed by atoms with E-state index >= 15 is 0 Å². The number of rotatable bonds is 3. The fraction of sp³-hybridized carbons (Fsp3) is 0.111. The molecule has 0 amide bonds. The van der Waals surface area contributed by atoms with Gasteiger partial charge in [-0.25, -0.2) is 9.97 Å². The van der Waals surface area contributed by atoms with Crippen molar-refractivity contribution < 1.29 is 0 Å². The Hall–Kier alpha value is -1.70. The van der Waals surface area contributed by atoms with Crippen LogP contribution in [0.5, 0.6) is 0 Å². The highest BCUT2D eigenvalue weighted by atomic mass is 79.9. The second-order valence-electron chi connectivity index (χ2n) is 5.65. The van der Waals surface area contributed by atoms with Crippen molar-refractivity contribution in [2.45, 2.75) is 13.8 Å². The van der Waals surface area contributed by atoms with Crippen molar-refractivity contribution in [1.29, 1.82) is 0 Å². The minimum absolute atomic E-state index is 0. The minimum atomic E-state index is 0. The number of aryl methyl sites for hydroxylation is 2. The van der Waals surface area contributed by atoms with E-state index in [4.69, 9.17) is 4.98 Å². The van der Waals surface area contributed by atoms with Crippen LogP contribution in [0.1, 0.15) is 11.3 Å². The van der Waals surface area contributed by atoms with Gasteiger partial charge in [-0.2, -0.15) is 0 Å². The lowest BCUT2D eigenvalue weighted by Gasteiger charge is -2.02. The summed E-state index contributed by atoms with van der Waals surface area (Å²) in [6.45, 7) is 4.10. The van der Waals surface area contributed by atoms with E-state index in [-0.39, 0.29) is 17.0 Å². The highest BCUT2D eigenvalue weighted by Gasteiger charge is 2.14. The summed E-state index contributed by atoms with van der Waals surface area (Å²) < 4.78 is 3.16.